The van der Waals surface area contributed by atoms with E-state index >= 15 is 0 Å². The summed E-state index contributed by atoms with van der Waals surface area (Å²) in [6.45, 7) is 4.91. The van der Waals surface area contributed by atoms with Crippen LogP contribution in [-0.4, -0.2) is 62.9 Å². The second kappa shape index (κ2) is 7.01. The zero-order valence-electron chi connectivity index (χ0n) is 12.2. The number of hydrogen-bond donors (Lipinski definition) is 0. The number of aryl methyl sites for hydroxylation is 1. The largest absolute Gasteiger partial charge is 0.352 e. The summed E-state index contributed by atoms with van der Waals surface area (Å²) in [7, 11) is 0. The third-order valence-electron chi connectivity index (χ3n) is 3.33. The molecule has 1 amide bonds. The number of amides is 1. The second-order valence-electron chi connectivity index (χ2n) is 4.81. The maximum atomic E-state index is 12.2. The van der Waals surface area contributed by atoms with Gasteiger partial charge < -0.3 is 9.80 Å². The quantitative estimate of drug-likeness (QED) is 0.773. The van der Waals surface area contributed by atoms with Gasteiger partial charge in [0.25, 0.3) is 0 Å². The molecule has 0 atom stereocenters. The molecule has 1 aliphatic rings. The lowest BCUT2D eigenvalue weighted by Crippen LogP contribution is -2.49. The van der Waals surface area contributed by atoms with Gasteiger partial charge in [-0.05, 0) is 6.92 Å². The van der Waals surface area contributed by atoms with Crippen molar-refractivity contribution in [1.82, 2.24) is 25.1 Å². The first-order valence-corrected chi connectivity index (χ1v) is 8.74. The number of nitrogens with zero attached hydrogens (tertiary/aromatic N) is 6. The zero-order chi connectivity index (χ0) is 15.4. The third-order valence-corrected chi connectivity index (χ3v) is 5.29. The molecule has 3 heterocycles. The van der Waals surface area contributed by atoms with Crippen LogP contribution in [0.1, 0.15) is 5.01 Å². The Morgan fingerprint density at radius 2 is 2.09 bits per heavy atom. The minimum Gasteiger partial charge on any atom is -0.352 e. The summed E-state index contributed by atoms with van der Waals surface area (Å²) < 4.78 is 0.851. The summed E-state index contributed by atoms with van der Waals surface area (Å²) in [5.41, 5.74) is 0. The van der Waals surface area contributed by atoms with Crippen LogP contribution in [0.3, 0.4) is 0 Å². The maximum absolute atomic E-state index is 12.2. The van der Waals surface area contributed by atoms with Crippen molar-refractivity contribution >= 4 is 34.8 Å². The van der Waals surface area contributed by atoms with Gasteiger partial charge in [0.05, 0.1) is 11.9 Å². The van der Waals surface area contributed by atoms with Gasteiger partial charge in [-0.1, -0.05) is 23.1 Å². The van der Waals surface area contributed by atoms with Gasteiger partial charge in [-0.25, -0.2) is 4.98 Å². The Labute approximate surface area is 136 Å². The molecule has 1 fully saturated rings. The molecule has 0 aromatic carbocycles. The Morgan fingerprint density at radius 1 is 1.27 bits per heavy atom. The number of rotatable bonds is 4. The molecular formula is C13H16N6OS2. The minimum absolute atomic E-state index is 0.150. The molecule has 0 N–H and O–H groups in total. The van der Waals surface area contributed by atoms with Crippen molar-refractivity contribution in [2.24, 2.45) is 0 Å². The van der Waals surface area contributed by atoms with Crippen LogP contribution in [0.5, 0.6) is 0 Å². The molecule has 116 valence electrons. The monoisotopic (exact) mass is 336 g/mol. The molecule has 0 saturated carbocycles. The number of hydrogen-bond acceptors (Lipinski definition) is 8. The SMILES string of the molecule is Cc1nnc(SCC(=O)N2CCN(c3cnccn3)CC2)s1. The standard InChI is InChI=1S/C13H16N6OS2/c1-10-16-17-13(22-10)21-9-12(20)19-6-4-18(5-7-19)11-8-14-2-3-15-11/h2-3,8H,4-7,9H2,1H3. The molecule has 22 heavy (non-hydrogen) atoms. The van der Waals surface area contributed by atoms with Gasteiger partial charge in [-0.3, -0.25) is 9.78 Å². The Kier molecular flexibility index (Phi) is 4.84. The van der Waals surface area contributed by atoms with E-state index < -0.39 is 0 Å². The second-order valence-corrected chi connectivity index (χ2v) is 7.21. The van der Waals surface area contributed by atoms with E-state index in [0.29, 0.717) is 18.8 Å². The lowest BCUT2D eigenvalue weighted by Gasteiger charge is -2.35. The normalized spacial score (nSPS) is 15.1. The number of aromatic nitrogens is 4. The molecule has 0 unspecified atom stereocenters. The highest BCUT2D eigenvalue weighted by Gasteiger charge is 2.22. The fraction of sp³-hybridized carbons (Fsp3) is 0.462. The number of anilines is 1. The lowest BCUT2D eigenvalue weighted by atomic mass is 10.3. The zero-order valence-corrected chi connectivity index (χ0v) is 13.8. The van der Waals surface area contributed by atoms with E-state index in [4.69, 9.17) is 0 Å². The fourth-order valence-corrected chi connectivity index (χ4v) is 3.91. The molecule has 2 aromatic rings. The molecule has 0 bridgehead atoms. The van der Waals surface area contributed by atoms with Crippen molar-refractivity contribution in [3.63, 3.8) is 0 Å². The van der Waals surface area contributed by atoms with Gasteiger partial charge in [0.1, 0.15) is 10.8 Å². The van der Waals surface area contributed by atoms with Gasteiger partial charge >= 0.3 is 0 Å². The number of thioether (sulfide) groups is 1. The minimum atomic E-state index is 0.150. The highest BCUT2D eigenvalue weighted by molar-refractivity contribution is 8.01. The average molecular weight is 336 g/mol. The van der Waals surface area contributed by atoms with E-state index in [9.17, 15) is 4.79 Å². The van der Waals surface area contributed by atoms with E-state index in [0.717, 1.165) is 28.3 Å². The first-order valence-electron chi connectivity index (χ1n) is 6.94. The molecule has 3 rings (SSSR count). The van der Waals surface area contributed by atoms with Crippen LogP contribution in [0, 0.1) is 6.92 Å². The van der Waals surface area contributed by atoms with Crippen molar-refractivity contribution < 1.29 is 4.79 Å². The van der Waals surface area contributed by atoms with Gasteiger partial charge in [-0.2, -0.15) is 0 Å². The molecule has 9 heteroatoms. The van der Waals surface area contributed by atoms with Gasteiger partial charge in [0.15, 0.2) is 4.34 Å². The molecule has 1 aliphatic heterocycles. The van der Waals surface area contributed by atoms with Gasteiger partial charge in [0, 0.05) is 38.6 Å². The topological polar surface area (TPSA) is 75.1 Å². The van der Waals surface area contributed by atoms with Crippen LogP contribution in [0.25, 0.3) is 0 Å². The molecule has 1 saturated heterocycles. The molecule has 0 aliphatic carbocycles. The van der Waals surface area contributed by atoms with E-state index in [1.54, 1.807) is 18.6 Å². The summed E-state index contributed by atoms with van der Waals surface area (Å²) in [6.07, 6.45) is 5.11. The number of piperazine rings is 1. The van der Waals surface area contributed by atoms with Crippen LogP contribution in [-0.2, 0) is 4.79 Å². The summed E-state index contributed by atoms with van der Waals surface area (Å²) >= 11 is 2.98. The summed E-state index contributed by atoms with van der Waals surface area (Å²) in [5, 5.41) is 8.90. The predicted molar refractivity (Wildman–Crippen MR) is 86.2 cm³/mol. The smallest absolute Gasteiger partial charge is 0.233 e. The highest BCUT2D eigenvalue weighted by Crippen LogP contribution is 2.22. The predicted octanol–water partition coefficient (Wildman–Crippen LogP) is 1.08. The summed E-state index contributed by atoms with van der Waals surface area (Å²) in [4.78, 5) is 24.7. The van der Waals surface area contributed by atoms with Gasteiger partial charge in [0.2, 0.25) is 5.91 Å². The van der Waals surface area contributed by atoms with E-state index in [1.165, 1.54) is 23.1 Å². The highest BCUT2D eigenvalue weighted by atomic mass is 32.2. The first kappa shape index (κ1) is 15.2. The molecule has 2 aromatic heterocycles. The maximum Gasteiger partial charge on any atom is 0.233 e. The lowest BCUT2D eigenvalue weighted by molar-refractivity contribution is -0.128. The van der Waals surface area contributed by atoms with Crippen molar-refractivity contribution in [2.75, 3.05) is 36.8 Å². The molecule has 7 nitrogen and oxygen atoms in total. The average Bonchev–Trinajstić information content (AvgIpc) is 2.99. The molecule has 0 radical (unpaired) electrons. The Bertz CT molecular complexity index is 626. The summed E-state index contributed by atoms with van der Waals surface area (Å²) in [5.74, 6) is 1.43. The van der Waals surface area contributed by atoms with E-state index in [2.05, 4.69) is 25.1 Å². The van der Waals surface area contributed by atoms with E-state index in [1.807, 2.05) is 11.8 Å². The Hall–Kier alpha value is -1.74. The first-order chi connectivity index (χ1) is 10.7. The third kappa shape index (κ3) is 3.72. The number of carbonyl (C=O) groups is 1. The van der Waals surface area contributed by atoms with Crippen LogP contribution in [0.15, 0.2) is 22.9 Å². The number of carbonyl (C=O) groups excluding carboxylic acids is 1. The molecule has 0 spiro atoms. The van der Waals surface area contributed by atoms with Crippen LogP contribution in [0.2, 0.25) is 0 Å². The van der Waals surface area contributed by atoms with Crippen molar-refractivity contribution in [3.05, 3.63) is 23.6 Å². The van der Waals surface area contributed by atoms with Crippen LogP contribution >= 0.6 is 23.1 Å². The van der Waals surface area contributed by atoms with Crippen LogP contribution in [0.4, 0.5) is 5.82 Å². The Balaban J connectivity index is 1.47. The van der Waals surface area contributed by atoms with Crippen LogP contribution < -0.4 is 4.90 Å². The van der Waals surface area contributed by atoms with E-state index in [-0.39, 0.29) is 5.91 Å². The Morgan fingerprint density at radius 3 is 2.73 bits per heavy atom. The molecular weight excluding hydrogens is 320 g/mol. The van der Waals surface area contributed by atoms with Crippen molar-refractivity contribution in [2.45, 2.75) is 11.3 Å². The van der Waals surface area contributed by atoms with Crippen molar-refractivity contribution in [3.8, 4) is 0 Å². The van der Waals surface area contributed by atoms with Crippen molar-refractivity contribution in [1.29, 1.82) is 0 Å². The summed E-state index contributed by atoms with van der Waals surface area (Å²) in [6, 6.07) is 0. The van der Waals surface area contributed by atoms with Gasteiger partial charge in [-0.15, -0.1) is 10.2 Å². The fourth-order valence-electron chi connectivity index (χ4n) is 2.19.